The van der Waals surface area contributed by atoms with E-state index in [0.717, 1.165) is 25.1 Å². The van der Waals surface area contributed by atoms with Gasteiger partial charge >= 0.3 is 0 Å². The van der Waals surface area contributed by atoms with Gasteiger partial charge in [0.1, 0.15) is 6.61 Å². The van der Waals surface area contributed by atoms with Crippen LogP contribution < -0.4 is 15.4 Å². The second-order valence-corrected chi connectivity index (χ2v) is 5.39. The smallest absolute Gasteiger partial charge is 0.241 e. The van der Waals surface area contributed by atoms with Gasteiger partial charge in [-0.1, -0.05) is 6.07 Å². The molecule has 1 atom stereocenters. The molecule has 5 nitrogen and oxygen atoms in total. The number of aromatic nitrogens is 1. The van der Waals surface area contributed by atoms with Crippen molar-refractivity contribution < 1.29 is 13.9 Å². The van der Waals surface area contributed by atoms with Crippen LogP contribution in [0.25, 0.3) is 0 Å². The van der Waals surface area contributed by atoms with Crippen molar-refractivity contribution in [2.24, 2.45) is 0 Å². The first-order valence-electron chi connectivity index (χ1n) is 7.59. The van der Waals surface area contributed by atoms with Gasteiger partial charge in [-0.15, -0.1) is 12.4 Å². The van der Waals surface area contributed by atoms with Crippen LogP contribution >= 0.6 is 12.4 Å². The Labute approximate surface area is 146 Å². The molecule has 3 rings (SSSR count). The number of halogens is 2. The molecule has 1 fully saturated rings. The number of nitrogens with one attached hydrogen (secondary N) is 2. The van der Waals surface area contributed by atoms with Crippen LogP contribution in [-0.2, 0) is 11.4 Å². The lowest BCUT2D eigenvalue weighted by Crippen LogP contribution is -2.35. The largest absolute Gasteiger partial charge is 0.484 e. The molecule has 0 saturated carbocycles. The summed E-state index contributed by atoms with van der Waals surface area (Å²) in [4.78, 5) is 16.1. The van der Waals surface area contributed by atoms with Gasteiger partial charge in [-0.05, 0) is 43.7 Å². The van der Waals surface area contributed by atoms with Gasteiger partial charge in [0.25, 0.3) is 0 Å². The average Bonchev–Trinajstić information content (AvgIpc) is 3.10. The number of amides is 1. The molecule has 2 aromatic rings. The van der Waals surface area contributed by atoms with Crippen molar-refractivity contribution in [3.8, 4) is 5.75 Å². The molecule has 0 spiro atoms. The SMILES string of the molecule is Cl.O=C(Nc1ccc(OCc2ccccn2)c(F)c1)C1CCCN1. The minimum atomic E-state index is -0.516. The van der Waals surface area contributed by atoms with Gasteiger partial charge < -0.3 is 15.4 Å². The number of anilines is 1. The van der Waals surface area contributed by atoms with Crippen molar-refractivity contribution in [3.05, 3.63) is 54.1 Å². The van der Waals surface area contributed by atoms with E-state index in [1.165, 1.54) is 12.1 Å². The summed E-state index contributed by atoms with van der Waals surface area (Å²) in [6.07, 6.45) is 3.44. The fourth-order valence-electron chi connectivity index (χ4n) is 2.47. The van der Waals surface area contributed by atoms with Crippen LogP contribution in [-0.4, -0.2) is 23.5 Å². The van der Waals surface area contributed by atoms with Crippen molar-refractivity contribution in [2.75, 3.05) is 11.9 Å². The van der Waals surface area contributed by atoms with Gasteiger partial charge in [0, 0.05) is 18.0 Å². The van der Waals surface area contributed by atoms with Gasteiger partial charge in [0.05, 0.1) is 11.7 Å². The van der Waals surface area contributed by atoms with E-state index in [-0.39, 0.29) is 36.7 Å². The Balaban J connectivity index is 0.00000208. The lowest BCUT2D eigenvalue weighted by molar-refractivity contribution is -0.117. The quantitative estimate of drug-likeness (QED) is 0.869. The summed E-state index contributed by atoms with van der Waals surface area (Å²) in [5, 5.41) is 5.82. The summed E-state index contributed by atoms with van der Waals surface area (Å²) in [5.74, 6) is -0.519. The molecule has 1 amide bonds. The molecule has 1 aromatic heterocycles. The molecule has 1 unspecified atom stereocenters. The third-order valence-electron chi connectivity index (χ3n) is 3.68. The van der Waals surface area contributed by atoms with Crippen molar-refractivity contribution in [3.63, 3.8) is 0 Å². The molecule has 0 radical (unpaired) electrons. The summed E-state index contributed by atoms with van der Waals surface area (Å²) in [5.41, 5.74) is 1.14. The van der Waals surface area contributed by atoms with Crippen molar-refractivity contribution in [1.29, 1.82) is 0 Å². The Bertz CT molecular complexity index is 679. The number of hydrogen-bond donors (Lipinski definition) is 2. The van der Waals surface area contributed by atoms with Crippen LogP contribution in [0.2, 0.25) is 0 Å². The molecule has 1 aliphatic rings. The number of carbonyl (C=O) groups excluding carboxylic acids is 1. The Morgan fingerprint density at radius 3 is 2.92 bits per heavy atom. The molecule has 1 aliphatic heterocycles. The van der Waals surface area contributed by atoms with Crippen molar-refractivity contribution in [1.82, 2.24) is 10.3 Å². The second kappa shape index (κ2) is 8.61. The minimum absolute atomic E-state index is 0. The second-order valence-electron chi connectivity index (χ2n) is 5.39. The Kier molecular flexibility index (Phi) is 6.52. The fraction of sp³-hybridized carbons (Fsp3) is 0.294. The highest BCUT2D eigenvalue weighted by molar-refractivity contribution is 5.95. The zero-order valence-corrected chi connectivity index (χ0v) is 13.8. The zero-order valence-electron chi connectivity index (χ0n) is 13.0. The molecule has 2 N–H and O–H groups in total. The average molecular weight is 352 g/mol. The minimum Gasteiger partial charge on any atom is -0.484 e. The first kappa shape index (κ1) is 18.2. The highest BCUT2D eigenvalue weighted by Gasteiger charge is 2.22. The van der Waals surface area contributed by atoms with Crippen molar-refractivity contribution in [2.45, 2.75) is 25.5 Å². The summed E-state index contributed by atoms with van der Waals surface area (Å²) in [6.45, 7) is 1.03. The van der Waals surface area contributed by atoms with E-state index in [2.05, 4.69) is 15.6 Å². The number of pyridine rings is 1. The topological polar surface area (TPSA) is 63.2 Å². The van der Waals surface area contributed by atoms with E-state index in [9.17, 15) is 9.18 Å². The molecule has 1 aromatic carbocycles. The van der Waals surface area contributed by atoms with Gasteiger partial charge in [-0.25, -0.2) is 4.39 Å². The maximum atomic E-state index is 14.1. The van der Waals surface area contributed by atoms with Gasteiger partial charge in [0.2, 0.25) is 5.91 Å². The lowest BCUT2D eigenvalue weighted by Gasteiger charge is -2.12. The van der Waals surface area contributed by atoms with Gasteiger partial charge in [-0.2, -0.15) is 0 Å². The highest BCUT2D eigenvalue weighted by atomic mass is 35.5. The molecule has 7 heteroatoms. The number of nitrogens with zero attached hydrogens (tertiary/aromatic N) is 1. The molecule has 1 saturated heterocycles. The lowest BCUT2D eigenvalue weighted by atomic mass is 10.2. The number of ether oxygens (including phenoxy) is 1. The van der Waals surface area contributed by atoms with Gasteiger partial charge in [0.15, 0.2) is 11.6 Å². The first-order chi connectivity index (χ1) is 11.2. The molecular formula is C17H19ClFN3O2. The van der Waals surface area contributed by atoms with E-state index in [4.69, 9.17) is 4.74 Å². The molecule has 128 valence electrons. The number of hydrogen-bond acceptors (Lipinski definition) is 4. The van der Waals surface area contributed by atoms with E-state index < -0.39 is 5.82 Å². The van der Waals surface area contributed by atoms with E-state index >= 15 is 0 Å². The Morgan fingerprint density at radius 1 is 1.38 bits per heavy atom. The third-order valence-corrected chi connectivity index (χ3v) is 3.68. The van der Waals surface area contributed by atoms with Crippen LogP contribution in [0.5, 0.6) is 5.75 Å². The van der Waals surface area contributed by atoms with E-state index in [1.54, 1.807) is 24.4 Å². The van der Waals surface area contributed by atoms with E-state index in [0.29, 0.717) is 5.69 Å². The predicted molar refractivity (Wildman–Crippen MR) is 91.9 cm³/mol. The van der Waals surface area contributed by atoms with Crippen LogP contribution in [0.15, 0.2) is 42.6 Å². The van der Waals surface area contributed by atoms with Crippen LogP contribution in [0.4, 0.5) is 10.1 Å². The molecular weight excluding hydrogens is 333 g/mol. The van der Waals surface area contributed by atoms with E-state index in [1.807, 2.05) is 6.07 Å². The van der Waals surface area contributed by atoms with Crippen molar-refractivity contribution >= 4 is 24.0 Å². The molecule has 24 heavy (non-hydrogen) atoms. The van der Waals surface area contributed by atoms with Gasteiger partial charge in [-0.3, -0.25) is 9.78 Å². The van der Waals surface area contributed by atoms with Crippen LogP contribution in [0.3, 0.4) is 0 Å². The van der Waals surface area contributed by atoms with Crippen LogP contribution in [0.1, 0.15) is 18.5 Å². The first-order valence-corrected chi connectivity index (χ1v) is 7.59. The Hall–Kier alpha value is -2.18. The maximum Gasteiger partial charge on any atom is 0.241 e. The summed E-state index contributed by atoms with van der Waals surface area (Å²) < 4.78 is 19.5. The number of carbonyl (C=O) groups is 1. The molecule has 0 bridgehead atoms. The Morgan fingerprint density at radius 2 is 2.25 bits per heavy atom. The third kappa shape index (κ3) is 4.66. The molecule has 0 aliphatic carbocycles. The normalized spacial score (nSPS) is 16.3. The monoisotopic (exact) mass is 351 g/mol. The molecule has 2 heterocycles. The fourth-order valence-corrected chi connectivity index (χ4v) is 2.47. The summed E-state index contributed by atoms with van der Waals surface area (Å²) in [7, 11) is 0. The standard InChI is InChI=1S/C17H18FN3O2.ClH/c18-14-10-12(21-17(22)15-5-3-9-20-15)6-7-16(14)23-11-13-4-1-2-8-19-13;/h1-2,4,6-8,10,15,20H,3,5,9,11H2,(H,21,22);1H. The summed E-state index contributed by atoms with van der Waals surface area (Å²) in [6, 6.07) is 9.66. The number of benzene rings is 1. The summed E-state index contributed by atoms with van der Waals surface area (Å²) >= 11 is 0. The highest BCUT2D eigenvalue weighted by Crippen LogP contribution is 2.22. The number of rotatable bonds is 5. The predicted octanol–water partition coefficient (Wildman–Crippen LogP) is 2.91. The zero-order chi connectivity index (χ0) is 16.1. The maximum absolute atomic E-state index is 14.1. The van der Waals surface area contributed by atoms with Crippen LogP contribution in [0, 0.1) is 5.82 Å².